The predicted molar refractivity (Wildman–Crippen MR) is 210 cm³/mol. The molecule has 0 spiro atoms. The van der Waals surface area contributed by atoms with Gasteiger partial charge in [-0.15, -0.1) is 11.8 Å². The van der Waals surface area contributed by atoms with Gasteiger partial charge in [0.25, 0.3) is 0 Å². The van der Waals surface area contributed by atoms with Gasteiger partial charge >= 0.3 is 0 Å². The SMILES string of the molecule is C=CC=C(C=C)c1cc(/C=C/C2=C(Cl)C(=C\C=C3CC(c4ccccc4)SC(c4ccccc4)C3)/CCC2)cc(-c2ccccc2)[s+]1. The minimum atomic E-state index is 0.441. The van der Waals surface area contributed by atoms with E-state index in [2.05, 4.69) is 152 Å². The number of allylic oxidation sites excluding steroid dienone is 11. The molecule has 1 aliphatic carbocycles. The monoisotopic (exact) mass is 667 g/mol. The molecule has 2 aliphatic rings. The van der Waals surface area contributed by atoms with Crippen LogP contribution in [0, 0.1) is 0 Å². The fourth-order valence-corrected chi connectivity index (χ4v) is 9.34. The summed E-state index contributed by atoms with van der Waals surface area (Å²) in [5.41, 5.74) is 10.1. The van der Waals surface area contributed by atoms with Crippen molar-refractivity contribution in [3.8, 4) is 10.4 Å². The minimum absolute atomic E-state index is 0.441. The van der Waals surface area contributed by atoms with Crippen molar-refractivity contribution in [2.75, 3.05) is 0 Å². The Morgan fingerprint density at radius 2 is 1.40 bits per heavy atom. The minimum Gasteiger partial charge on any atom is -0.145 e. The van der Waals surface area contributed by atoms with Crippen LogP contribution in [-0.2, 0) is 0 Å². The van der Waals surface area contributed by atoms with Crippen molar-refractivity contribution in [3.05, 3.63) is 196 Å². The van der Waals surface area contributed by atoms with Crippen molar-refractivity contribution in [2.24, 2.45) is 0 Å². The van der Waals surface area contributed by atoms with Gasteiger partial charge in [-0.2, -0.15) is 0 Å². The molecule has 2 heterocycles. The average molecular weight is 668 g/mol. The molecule has 0 N–H and O–H groups in total. The molecule has 1 aliphatic heterocycles. The van der Waals surface area contributed by atoms with E-state index in [1.54, 1.807) is 11.3 Å². The fraction of sp³-hybridized carbons (Fsp3) is 0.159. The second kappa shape index (κ2) is 16.2. The molecule has 4 aromatic rings. The van der Waals surface area contributed by atoms with Crippen LogP contribution in [0.3, 0.4) is 0 Å². The molecule has 0 amide bonds. The molecular formula is C44H40ClS2+. The zero-order valence-corrected chi connectivity index (χ0v) is 29.0. The van der Waals surface area contributed by atoms with Gasteiger partial charge < -0.3 is 0 Å². The van der Waals surface area contributed by atoms with Gasteiger partial charge in [0.15, 0.2) is 0 Å². The van der Waals surface area contributed by atoms with Crippen LogP contribution in [0.4, 0.5) is 0 Å². The van der Waals surface area contributed by atoms with Crippen LogP contribution >= 0.6 is 34.7 Å². The number of rotatable bonds is 9. The normalized spacial score (nSPS) is 19.6. The van der Waals surface area contributed by atoms with E-state index < -0.39 is 0 Å². The predicted octanol–water partition coefficient (Wildman–Crippen LogP) is 14.0. The molecule has 0 radical (unpaired) electrons. The second-order valence-corrected chi connectivity index (χ2v) is 14.8. The molecule has 1 aromatic heterocycles. The fourth-order valence-electron chi connectivity index (χ4n) is 6.22. The first kappa shape index (κ1) is 33.0. The van der Waals surface area contributed by atoms with E-state index in [0.29, 0.717) is 10.5 Å². The van der Waals surface area contributed by atoms with Crippen molar-refractivity contribution >= 4 is 46.3 Å². The van der Waals surface area contributed by atoms with E-state index >= 15 is 0 Å². The molecule has 3 aromatic carbocycles. The Kier molecular flexibility index (Phi) is 11.4. The van der Waals surface area contributed by atoms with E-state index in [9.17, 15) is 0 Å². The smallest absolute Gasteiger partial charge is 0.145 e. The third-order valence-electron chi connectivity index (χ3n) is 8.70. The summed E-state index contributed by atoms with van der Waals surface area (Å²) in [4.78, 5) is 2.37. The van der Waals surface area contributed by atoms with Gasteiger partial charge in [-0.3, -0.25) is 0 Å². The number of hydrogen-bond acceptors (Lipinski definition) is 1. The van der Waals surface area contributed by atoms with E-state index in [4.69, 9.17) is 11.6 Å². The van der Waals surface area contributed by atoms with Crippen LogP contribution in [0.2, 0.25) is 0 Å². The third kappa shape index (κ3) is 8.51. The molecule has 6 rings (SSSR count). The summed E-state index contributed by atoms with van der Waals surface area (Å²) in [6.07, 6.45) is 20.0. The Balaban J connectivity index is 1.29. The van der Waals surface area contributed by atoms with Crippen molar-refractivity contribution in [1.82, 2.24) is 0 Å². The molecule has 3 heteroatoms. The zero-order valence-electron chi connectivity index (χ0n) is 26.7. The van der Waals surface area contributed by atoms with Crippen LogP contribution < -0.4 is 0 Å². The highest BCUT2D eigenvalue weighted by Crippen LogP contribution is 2.52. The third-order valence-corrected chi connectivity index (χ3v) is 11.9. The van der Waals surface area contributed by atoms with E-state index in [-0.39, 0.29) is 0 Å². The van der Waals surface area contributed by atoms with Crippen LogP contribution in [-0.4, -0.2) is 0 Å². The molecule has 0 saturated carbocycles. The maximum Gasteiger partial charge on any atom is 0.239 e. The van der Waals surface area contributed by atoms with Crippen LogP contribution in [0.15, 0.2) is 174 Å². The maximum atomic E-state index is 7.15. The molecule has 0 nitrogen and oxygen atoms in total. The lowest BCUT2D eigenvalue weighted by molar-refractivity contribution is 0.766. The Morgan fingerprint density at radius 1 is 0.766 bits per heavy atom. The topological polar surface area (TPSA) is 0 Å². The number of benzene rings is 3. The van der Waals surface area contributed by atoms with E-state index in [0.717, 1.165) is 53.2 Å². The summed E-state index contributed by atoms with van der Waals surface area (Å²) in [5.74, 6) is 0. The molecule has 47 heavy (non-hydrogen) atoms. The van der Waals surface area contributed by atoms with Crippen LogP contribution in [0.5, 0.6) is 0 Å². The summed E-state index contributed by atoms with van der Waals surface area (Å²) in [5, 5.41) is 1.78. The number of halogens is 1. The van der Waals surface area contributed by atoms with Gasteiger partial charge in [-0.25, -0.2) is 0 Å². The summed E-state index contributed by atoms with van der Waals surface area (Å²) in [6, 6.07) is 37.0. The summed E-state index contributed by atoms with van der Waals surface area (Å²) < 4.78 is 0. The Morgan fingerprint density at radius 3 is 2.02 bits per heavy atom. The largest absolute Gasteiger partial charge is 0.239 e. The van der Waals surface area contributed by atoms with Crippen molar-refractivity contribution in [1.29, 1.82) is 0 Å². The maximum absolute atomic E-state index is 7.15. The molecule has 0 bridgehead atoms. The van der Waals surface area contributed by atoms with Crippen LogP contribution in [0.1, 0.15) is 64.2 Å². The molecular weight excluding hydrogens is 628 g/mol. The first-order valence-electron chi connectivity index (χ1n) is 16.3. The highest BCUT2D eigenvalue weighted by atomic mass is 35.5. The lowest BCUT2D eigenvalue weighted by Gasteiger charge is -2.31. The van der Waals surface area contributed by atoms with E-state index in [1.165, 1.54) is 38.3 Å². The number of hydrogen-bond donors (Lipinski definition) is 0. The molecule has 2 atom stereocenters. The van der Waals surface area contributed by atoms with Gasteiger partial charge in [0.2, 0.25) is 21.1 Å². The lowest BCUT2D eigenvalue weighted by atomic mass is 9.92. The Labute approximate surface area is 294 Å². The van der Waals surface area contributed by atoms with Crippen molar-refractivity contribution in [2.45, 2.75) is 42.6 Å². The highest BCUT2D eigenvalue weighted by molar-refractivity contribution is 7.99. The molecule has 2 unspecified atom stereocenters. The van der Waals surface area contributed by atoms with Gasteiger partial charge in [-0.1, -0.05) is 146 Å². The molecule has 1 fully saturated rings. The summed E-state index contributed by atoms with van der Waals surface area (Å²) in [7, 11) is 0. The molecule has 234 valence electrons. The average Bonchev–Trinajstić information content (AvgIpc) is 3.13. The second-order valence-electron chi connectivity index (χ2n) is 11.9. The van der Waals surface area contributed by atoms with Gasteiger partial charge in [0, 0.05) is 38.8 Å². The zero-order chi connectivity index (χ0) is 32.4. The lowest BCUT2D eigenvalue weighted by Crippen LogP contribution is -2.09. The first-order chi connectivity index (χ1) is 23.1. The standard InChI is InChI=1S/C44H40ClS2/c1-3-15-34(4-2)40-28-32(29-41(46-40)35-16-8-5-9-17-35)24-26-38-22-14-23-39(44(38)45)27-25-33-30-42(36-18-10-6-11-19-36)47-43(31-33)37-20-12-7-13-21-37/h3-13,15-21,24-29,42-43H,1-2,14,22-23,30-31H2/q+1/b26-24+,33-25?,34-15?,39-27-. The summed E-state index contributed by atoms with van der Waals surface area (Å²) >= 11 is 11.0. The summed E-state index contributed by atoms with van der Waals surface area (Å²) in [6.45, 7) is 7.96. The van der Waals surface area contributed by atoms with Gasteiger partial charge in [0.05, 0.1) is 0 Å². The first-order valence-corrected chi connectivity index (χ1v) is 18.4. The van der Waals surface area contributed by atoms with Gasteiger partial charge in [0.1, 0.15) is 0 Å². The Hall–Kier alpha value is -3.95. The highest BCUT2D eigenvalue weighted by Gasteiger charge is 2.28. The van der Waals surface area contributed by atoms with Gasteiger partial charge in [-0.05, 0) is 78.1 Å². The molecule has 1 saturated heterocycles. The Bertz CT molecular complexity index is 1810. The van der Waals surface area contributed by atoms with Crippen molar-refractivity contribution < 1.29 is 0 Å². The van der Waals surface area contributed by atoms with Crippen molar-refractivity contribution in [3.63, 3.8) is 0 Å². The van der Waals surface area contributed by atoms with Crippen LogP contribution in [0.25, 0.3) is 22.1 Å². The van der Waals surface area contributed by atoms with E-state index in [1.807, 2.05) is 18.2 Å². The quantitative estimate of drug-likeness (QED) is 0.126. The number of thioether (sulfide) groups is 1.